The lowest BCUT2D eigenvalue weighted by Gasteiger charge is -2.14. The van der Waals surface area contributed by atoms with Crippen LogP contribution in [0.4, 0.5) is 0 Å². The van der Waals surface area contributed by atoms with Gasteiger partial charge in [-0.25, -0.2) is 0 Å². The van der Waals surface area contributed by atoms with Crippen LogP contribution in [0.3, 0.4) is 0 Å². The van der Waals surface area contributed by atoms with Gasteiger partial charge in [0.15, 0.2) is 0 Å². The van der Waals surface area contributed by atoms with Crippen LogP contribution in [0.2, 0.25) is 5.28 Å². The van der Waals surface area contributed by atoms with Crippen molar-refractivity contribution in [2.45, 2.75) is 18.1 Å². The van der Waals surface area contributed by atoms with Crippen LogP contribution in [-0.2, 0) is 7.58 Å². The average Bonchev–Trinajstić information content (AvgIpc) is 1.90. The largest absolute Gasteiger partial charge is 0.674 e. The normalized spacial score (nSPS) is 21.4. The minimum atomic E-state index is -1.11. The molecular formula is C5H11AlO2. The SMILES string of the molecule is C[O][Al]1[CH2]CCC[O]1. The Balaban J connectivity index is 2.13. The first-order valence-electron chi connectivity index (χ1n) is 3.08. The summed E-state index contributed by atoms with van der Waals surface area (Å²) in [5.41, 5.74) is 0. The molecule has 0 aliphatic carbocycles. The van der Waals surface area contributed by atoms with Crippen molar-refractivity contribution in [1.29, 1.82) is 0 Å². The van der Waals surface area contributed by atoms with Crippen LogP contribution < -0.4 is 0 Å². The maximum absolute atomic E-state index is 5.34. The highest BCUT2D eigenvalue weighted by Gasteiger charge is 2.25. The summed E-state index contributed by atoms with van der Waals surface area (Å²) in [5, 5.41) is 1.20. The van der Waals surface area contributed by atoms with E-state index in [-0.39, 0.29) is 0 Å². The van der Waals surface area contributed by atoms with Gasteiger partial charge >= 0.3 is 14.8 Å². The molecular weight excluding hydrogens is 119 g/mol. The number of hydrogen-bond acceptors (Lipinski definition) is 2. The van der Waals surface area contributed by atoms with Gasteiger partial charge in [0.2, 0.25) is 0 Å². The van der Waals surface area contributed by atoms with E-state index in [9.17, 15) is 0 Å². The van der Waals surface area contributed by atoms with E-state index in [0.29, 0.717) is 0 Å². The van der Waals surface area contributed by atoms with E-state index >= 15 is 0 Å². The van der Waals surface area contributed by atoms with Crippen LogP contribution >= 0.6 is 0 Å². The zero-order chi connectivity index (χ0) is 5.82. The Hall–Kier alpha value is 0.452. The molecule has 0 aromatic rings. The van der Waals surface area contributed by atoms with Crippen molar-refractivity contribution in [3.8, 4) is 0 Å². The predicted molar refractivity (Wildman–Crippen MR) is 32.8 cm³/mol. The summed E-state index contributed by atoms with van der Waals surface area (Å²) in [7, 11) is 1.75. The van der Waals surface area contributed by atoms with Crippen molar-refractivity contribution in [3.05, 3.63) is 0 Å². The van der Waals surface area contributed by atoms with E-state index in [2.05, 4.69) is 0 Å². The second-order valence-electron chi connectivity index (χ2n) is 2.03. The van der Waals surface area contributed by atoms with Gasteiger partial charge in [-0.15, -0.1) is 0 Å². The minimum Gasteiger partial charge on any atom is -0.481 e. The van der Waals surface area contributed by atoms with Gasteiger partial charge in [0.1, 0.15) is 0 Å². The van der Waals surface area contributed by atoms with E-state index in [1.54, 1.807) is 7.11 Å². The van der Waals surface area contributed by atoms with Gasteiger partial charge in [0.25, 0.3) is 0 Å². The highest BCUT2D eigenvalue weighted by Crippen LogP contribution is 2.09. The molecule has 0 spiro atoms. The number of hydrogen-bond donors (Lipinski definition) is 0. The molecule has 1 aliphatic rings. The maximum Gasteiger partial charge on any atom is 0.674 e. The smallest absolute Gasteiger partial charge is 0.481 e. The van der Waals surface area contributed by atoms with Crippen LogP contribution in [0, 0.1) is 0 Å². The van der Waals surface area contributed by atoms with Crippen molar-refractivity contribution in [3.63, 3.8) is 0 Å². The first kappa shape index (κ1) is 6.57. The first-order valence-corrected chi connectivity index (χ1v) is 4.84. The van der Waals surface area contributed by atoms with Crippen LogP contribution in [0.15, 0.2) is 0 Å². The van der Waals surface area contributed by atoms with Crippen LogP contribution in [0.5, 0.6) is 0 Å². The number of rotatable bonds is 1. The summed E-state index contributed by atoms with van der Waals surface area (Å²) >= 11 is -1.11. The molecule has 0 saturated carbocycles. The monoisotopic (exact) mass is 130 g/mol. The maximum atomic E-state index is 5.34. The van der Waals surface area contributed by atoms with Gasteiger partial charge in [-0.3, -0.25) is 0 Å². The van der Waals surface area contributed by atoms with E-state index in [1.807, 2.05) is 0 Å². The van der Waals surface area contributed by atoms with Crippen molar-refractivity contribution < 1.29 is 7.58 Å². The molecule has 1 fully saturated rings. The summed E-state index contributed by atoms with van der Waals surface area (Å²) in [6.45, 7) is 0.935. The zero-order valence-corrected chi connectivity index (χ0v) is 6.38. The lowest BCUT2D eigenvalue weighted by atomic mass is 10.4. The van der Waals surface area contributed by atoms with E-state index in [0.717, 1.165) is 6.61 Å². The van der Waals surface area contributed by atoms with Gasteiger partial charge < -0.3 is 7.58 Å². The summed E-state index contributed by atoms with van der Waals surface area (Å²) in [6.07, 6.45) is 2.54. The molecule has 1 rings (SSSR count). The Kier molecular flexibility index (Phi) is 2.85. The molecule has 0 unspecified atom stereocenters. The Morgan fingerprint density at radius 3 is 2.75 bits per heavy atom. The average molecular weight is 130 g/mol. The van der Waals surface area contributed by atoms with Gasteiger partial charge in [-0.05, 0) is 11.7 Å². The molecule has 1 aliphatic heterocycles. The van der Waals surface area contributed by atoms with E-state index in [1.165, 1.54) is 18.1 Å². The molecule has 0 bridgehead atoms. The fourth-order valence-corrected chi connectivity index (χ4v) is 2.49. The lowest BCUT2D eigenvalue weighted by Crippen LogP contribution is -2.25. The molecule has 0 atom stereocenters. The molecule has 0 N–H and O–H groups in total. The lowest BCUT2D eigenvalue weighted by molar-refractivity contribution is 0.205. The Bertz CT molecular complexity index is 61.4. The van der Waals surface area contributed by atoms with Crippen molar-refractivity contribution in [2.24, 2.45) is 0 Å². The van der Waals surface area contributed by atoms with Gasteiger partial charge in [0, 0.05) is 13.7 Å². The highest BCUT2D eigenvalue weighted by molar-refractivity contribution is 6.44. The summed E-state index contributed by atoms with van der Waals surface area (Å²) < 4.78 is 10.5. The zero-order valence-electron chi connectivity index (χ0n) is 5.22. The van der Waals surface area contributed by atoms with Crippen LogP contribution in [0.25, 0.3) is 0 Å². The Morgan fingerprint density at radius 1 is 1.50 bits per heavy atom. The van der Waals surface area contributed by atoms with Crippen molar-refractivity contribution in [1.82, 2.24) is 0 Å². The third-order valence-corrected chi connectivity index (χ3v) is 3.41. The molecule has 0 aromatic carbocycles. The summed E-state index contributed by atoms with van der Waals surface area (Å²) in [6, 6.07) is 0. The molecule has 1 heterocycles. The van der Waals surface area contributed by atoms with Crippen molar-refractivity contribution in [2.75, 3.05) is 13.7 Å². The summed E-state index contributed by atoms with van der Waals surface area (Å²) in [5.74, 6) is 0. The standard InChI is InChI=1S/C4H8O.CH3O.Al/c1-2-3-4-5;1-2;/h1-4H2;1H3;/q2*-1;+2. The molecule has 3 heteroatoms. The molecule has 8 heavy (non-hydrogen) atoms. The van der Waals surface area contributed by atoms with Crippen molar-refractivity contribution >= 4 is 14.8 Å². The van der Waals surface area contributed by atoms with Gasteiger partial charge in [-0.2, -0.15) is 0 Å². The third kappa shape index (κ3) is 1.76. The molecule has 0 aromatic heterocycles. The van der Waals surface area contributed by atoms with Gasteiger partial charge in [0.05, 0.1) is 0 Å². The fourth-order valence-electron chi connectivity index (χ4n) is 0.897. The summed E-state index contributed by atoms with van der Waals surface area (Å²) in [4.78, 5) is 0. The Morgan fingerprint density at radius 2 is 2.38 bits per heavy atom. The van der Waals surface area contributed by atoms with Gasteiger partial charge in [-0.1, -0.05) is 6.42 Å². The topological polar surface area (TPSA) is 18.5 Å². The molecule has 0 radical (unpaired) electrons. The molecule has 1 saturated heterocycles. The molecule has 2 nitrogen and oxygen atoms in total. The molecule has 46 valence electrons. The minimum absolute atomic E-state index is 0.935. The highest BCUT2D eigenvalue weighted by atomic mass is 27.2. The predicted octanol–water partition coefficient (Wildman–Crippen LogP) is 0.931. The fraction of sp³-hybridized carbons (Fsp3) is 1.00. The molecule has 0 amide bonds. The van der Waals surface area contributed by atoms with Crippen LogP contribution in [0.1, 0.15) is 12.8 Å². The van der Waals surface area contributed by atoms with Crippen LogP contribution in [-0.4, -0.2) is 28.5 Å². The van der Waals surface area contributed by atoms with E-state index in [4.69, 9.17) is 7.58 Å². The third-order valence-electron chi connectivity index (χ3n) is 1.40. The second-order valence-corrected chi connectivity index (χ2v) is 4.27. The quantitative estimate of drug-likeness (QED) is 0.491. The van der Waals surface area contributed by atoms with E-state index < -0.39 is 14.8 Å². The second kappa shape index (κ2) is 3.47. The Labute approximate surface area is 54.8 Å². The first-order chi connectivity index (χ1) is 3.93.